The molecule has 344 valence electrons. The monoisotopic (exact) mass is 902 g/mol. The zero-order valence-electron chi connectivity index (χ0n) is 35.2. The molecule has 65 heavy (non-hydrogen) atoms. The number of benzene rings is 3. The fraction of sp³-hybridized carbons (Fsp3) is 0.386. The number of aromatic nitrogens is 2. The molecule has 3 aliphatic rings. The van der Waals surface area contributed by atoms with E-state index in [4.69, 9.17) is 35.2 Å². The van der Waals surface area contributed by atoms with Crippen molar-refractivity contribution >= 4 is 46.9 Å². The maximum Gasteiger partial charge on any atom is 0.264 e. The van der Waals surface area contributed by atoms with Gasteiger partial charge in [-0.05, 0) is 67.8 Å². The maximum atomic E-state index is 14.1. The number of nitrogen functional groups attached to an aromatic ring is 1. The van der Waals surface area contributed by atoms with E-state index in [0.29, 0.717) is 69.7 Å². The van der Waals surface area contributed by atoms with Crippen LogP contribution in [0.2, 0.25) is 0 Å². The molecular formula is C44H48F2N8O11. The second-order valence-corrected chi connectivity index (χ2v) is 15.2. The molecule has 1 aromatic heterocycles. The average Bonchev–Trinajstić information content (AvgIpc) is 3.77. The summed E-state index contributed by atoms with van der Waals surface area (Å²) >= 11 is 0. The van der Waals surface area contributed by atoms with E-state index < -0.39 is 47.2 Å². The fourth-order valence-corrected chi connectivity index (χ4v) is 7.75. The molecule has 19 nitrogen and oxygen atoms in total. The van der Waals surface area contributed by atoms with Crippen LogP contribution in [0.1, 0.15) is 62.8 Å². The van der Waals surface area contributed by atoms with E-state index in [-0.39, 0.29) is 97.5 Å². The smallest absolute Gasteiger partial charge is 0.264 e. The van der Waals surface area contributed by atoms with Crippen LogP contribution in [0.25, 0.3) is 11.3 Å². The molecule has 2 fully saturated rings. The molecule has 2 unspecified atom stereocenters. The SMILES string of the molecule is NC(=O)c1c(-c2ccc(Oc3ccc(F)cc3F)cc2)nn(C2CCCN(C(=O)COCCOCCOCCOCCNc3cccc4c3C(=O)N(C3CCC(=O)NC3=O)C4=O)C2)c1N. The Hall–Kier alpha value is -6.81. The molecule has 0 spiro atoms. The number of likely N-dealkylation sites (tertiary alicyclic amines) is 1. The number of hydrogen-bond donors (Lipinski definition) is 4. The first-order valence-corrected chi connectivity index (χ1v) is 21.0. The summed E-state index contributed by atoms with van der Waals surface area (Å²) in [6.45, 7) is 2.86. The molecule has 3 aromatic carbocycles. The van der Waals surface area contributed by atoms with Crippen molar-refractivity contribution in [1.29, 1.82) is 0 Å². The molecule has 4 aromatic rings. The van der Waals surface area contributed by atoms with Gasteiger partial charge in [0.2, 0.25) is 17.7 Å². The Kier molecular flexibility index (Phi) is 15.1. The molecule has 6 amide bonds. The highest BCUT2D eigenvalue weighted by Gasteiger charge is 2.45. The van der Waals surface area contributed by atoms with E-state index in [1.54, 1.807) is 29.2 Å². The highest BCUT2D eigenvalue weighted by atomic mass is 19.1. The Morgan fingerprint density at radius 3 is 2.26 bits per heavy atom. The van der Waals surface area contributed by atoms with Crippen molar-refractivity contribution in [2.75, 3.05) is 83.5 Å². The van der Waals surface area contributed by atoms with E-state index in [0.717, 1.165) is 11.0 Å². The van der Waals surface area contributed by atoms with E-state index >= 15 is 0 Å². The first-order chi connectivity index (χ1) is 31.4. The number of halogens is 2. The lowest BCUT2D eigenvalue weighted by molar-refractivity contribution is -0.138. The van der Waals surface area contributed by atoms with Crippen LogP contribution in [0.5, 0.6) is 11.5 Å². The first-order valence-electron chi connectivity index (χ1n) is 21.0. The number of ether oxygens (including phenoxy) is 5. The van der Waals surface area contributed by atoms with Crippen LogP contribution in [-0.2, 0) is 33.3 Å². The minimum atomic E-state index is -1.04. The second-order valence-electron chi connectivity index (χ2n) is 15.2. The summed E-state index contributed by atoms with van der Waals surface area (Å²) in [7, 11) is 0. The lowest BCUT2D eigenvalue weighted by Gasteiger charge is -2.33. The molecule has 7 rings (SSSR count). The second kappa shape index (κ2) is 21.2. The highest BCUT2D eigenvalue weighted by Crippen LogP contribution is 2.35. The molecule has 6 N–H and O–H groups in total. The summed E-state index contributed by atoms with van der Waals surface area (Å²) in [4.78, 5) is 78.4. The van der Waals surface area contributed by atoms with Crippen molar-refractivity contribution in [3.05, 3.63) is 89.0 Å². The van der Waals surface area contributed by atoms with Crippen molar-refractivity contribution in [2.24, 2.45) is 5.73 Å². The van der Waals surface area contributed by atoms with Crippen molar-refractivity contribution in [3.8, 4) is 22.8 Å². The molecule has 3 aliphatic heterocycles. The number of nitrogens with zero attached hydrogens (tertiary/aromatic N) is 4. The van der Waals surface area contributed by atoms with Gasteiger partial charge in [0.1, 0.15) is 41.3 Å². The first kappa shape index (κ1) is 46.2. The van der Waals surface area contributed by atoms with Crippen molar-refractivity contribution < 1.29 is 61.2 Å². The van der Waals surface area contributed by atoms with Crippen LogP contribution in [-0.4, -0.2) is 134 Å². The Morgan fingerprint density at radius 2 is 1.57 bits per heavy atom. The van der Waals surface area contributed by atoms with Crippen LogP contribution in [0.4, 0.5) is 20.3 Å². The van der Waals surface area contributed by atoms with Crippen LogP contribution >= 0.6 is 0 Å². The summed E-state index contributed by atoms with van der Waals surface area (Å²) in [5, 5.41) is 9.94. The number of nitrogens with two attached hydrogens (primary N) is 2. The van der Waals surface area contributed by atoms with Gasteiger partial charge in [-0.15, -0.1) is 0 Å². The largest absolute Gasteiger partial charge is 0.454 e. The number of nitrogens with one attached hydrogen (secondary N) is 2. The van der Waals surface area contributed by atoms with Gasteiger partial charge in [-0.3, -0.25) is 39.0 Å². The minimum Gasteiger partial charge on any atom is -0.454 e. The van der Waals surface area contributed by atoms with Gasteiger partial charge in [0.15, 0.2) is 11.6 Å². The topological polar surface area (TPSA) is 249 Å². The van der Waals surface area contributed by atoms with Gasteiger partial charge in [0.25, 0.3) is 17.7 Å². The zero-order valence-corrected chi connectivity index (χ0v) is 35.2. The Balaban J connectivity index is 0.760. The standard InChI is InChI=1S/C44H48F2N8O11/c45-27-8-12-34(31(46)23-27)65-29-9-6-26(7-10-29)39-38(41(48)57)40(47)54(51-39)28-3-2-15-52(24-28)36(56)25-64-22-21-63-20-19-62-18-17-61-16-14-49-32-5-1-4-30-37(32)44(60)53(43(30)59)33-11-13-35(55)50-42(33)58/h1,4-10,12,23,28,33,49H,2-3,11,13-22,24-25,47H2,(H2,48,57)(H,50,55,58). The fourth-order valence-electron chi connectivity index (χ4n) is 7.75. The molecule has 21 heteroatoms. The zero-order chi connectivity index (χ0) is 46.0. The van der Waals surface area contributed by atoms with Crippen molar-refractivity contribution in [2.45, 2.75) is 37.8 Å². The summed E-state index contributed by atoms with van der Waals surface area (Å²) in [5.74, 6) is -4.71. The van der Waals surface area contributed by atoms with E-state index in [2.05, 4.69) is 15.7 Å². The molecule has 4 heterocycles. The van der Waals surface area contributed by atoms with Gasteiger partial charge < -0.3 is 45.4 Å². The average molecular weight is 903 g/mol. The predicted octanol–water partition coefficient (Wildman–Crippen LogP) is 3.04. The predicted molar refractivity (Wildman–Crippen MR) is 227 cm³/mol. The Bertz CT molecular complexity index is 2430. The maximum absolute atomic E-state index is 14.1. The number of rotatable bonds is 21. The third-order valence-corrected chi connectivity index (χ3v) is 10.9. The van der Waals surface area contributed by atoms with Crippen LogP contribution in [0.3, 0.4) is 0 Å². The quantitative estimate of drug-likeness (QED) is 0.0694. The lowest BCUT2D eigenvalue weighted by atomic mass is 10.0. The third kappa shape index (κ3) is 10.9. The number of carbonyl (C=O) groups is 6. The van der Waals surface area contributed by atoms with Gasteiger partial charge >= 0.3 is 0 Å². The number of amides is 6. The molecule has 2 atom stereocenters. The summed E-state index contributed by atoms with van der Waals surface area (Å²) in [5.41, 5.74) is 13.7. The van der Waals surface area contributed by atoms with Crippen LogP contribution in [0, 0.1) is 11.6 Å². The summed E-state index contributed by atoms with van der Waals surface area (Å²) in [6, 6.07) is 12.7. The third-order valence-electron chi connectivity index (χ3n) is 10.9. The summed E-state index contributed by atoms with van der Waals surface area (Å²) in [6.07, 6.45) is 1.41. The molecule has 0 saturated carbocycles. The normalized spacial score (nSPS) is 17.3. The highest BCUT2D eigenvalue weighted by molar-refractivity contribution is 6.25. The van der Waals surface area contributed by atoms with Gasteiger partial charge in [-0.1, -0.05) is 6.07 Å². The molecular weight excluding hydrogens is 855 g/mol. The van der Waals surface area contributed by atoms with Crippen molar-refractivity contribution in [3.63, 3.8) is 0 Å². The number of fused-ring (bicyclic) bond motifs is 1. The Labute approximate surface area is 371 Å². The molecule has 0 bridgehead atoms. The van der Waals surface area contributed by atoms with Crippen molar-refractivity contribution in [1.82, 2.24) is 24.9 Å². The van der Waals surface area contributed by atoms with E-state index in [1.807, 2.05) is 0 Å². The van der Waals surface area contributed by atoms with E-state index in [9.17, 15) is 37.5 Å². The van der Waals surface area contributed by atoms with Gasteiger partial charge in [-0.25, -0.2) is 13.5 Å². The minimum absolute atomic E-state index is 0.0231. The number of piperidine rings is 2. The Morgan fingerprint density at radius 1 is 0.862 bits per heavy atom. The van der Waals surface area contributed by atoms with Gasteiger partial charge in [0, 0.05) is 43.4 Å². The van der Waals surface area contributed by atoms with E-state index in [1.165, 1.54) is 28.9 Å². The number of primary amides is 1. The number of hydrogen-bond acceptors (Lipinski definition) is 14. The number of carbonyl (C=O) groups excluding carboxylic acids is 6. The van der Waals surface area contributed by atoms with Gasteiger partial charge in [-0.2, -0.15) is 5.10 Å². The molecule has 0 aliphatic carbocycles. The van der Waals surface area contributed by atoms with Crippen LogP contribution < -0.4 is 26.8 Å². The number of anilines is 2. The van der Waals surface area contributed by atoms with Crippen LogP contribution in [0.15, 0.2) is 60.7 Å². The van der Waals surface area contributed by atoms with Gasteiger partial charge in [0.05, 0.1) is 63.4 Å². The summed E-state index contributed by atoms with van der Waals surface area (Å²) < 4.78 is 56.7. The lowest BCUT2D eigenvalue weighted by Crippen LogP contribution is -2.54. The number of imide groups is 2. The molecule has 0 radical (unpaired) electrons. The molecule has 2 saturated heterocycles.